The summed E-state index contributed by atoms with van der Waals surface area (Å²) in [6.45, 7) is 7.15. The number of nitrogens with one attached hydrogen (secondary N) is 1. The van der Waals surface area contributed by atoms with Crippen LogP contribution in [0.4, 0.5) is 16.3 Å². The smallest absolute Gasteiger partial charge is 0.412 e. The number of ether oxygens (including phenoxy) is 1. The van der Waals surface area contributed by atoms with E-state index in [1.807, 2.05) is 6.92 Å². The number of nitro groups is 1. The van der Waals surface area contributed by atoms with Crippen molar-refractivity contribution in [1.29, 1.82) is 0 Å². The van der Waals surface area contributed by atoms with Crippen molar-refractivity contribution in [2.24, 2.45) is 0 Å². The van der Waals surface area contributed by atoms with Gasteiger partial charge in [-0.15, -0.1) is 4.68 Å². The quantitative estimate of drug-likeness (QED) is 0.618. The summed E-state index contributed by atoms with van der Waals surface area (Å²) in [6, 6.07) is 5.20. The molecule has 0 spiro atoms. The maximum Gasteiger partial charge on any atom is 0.412 e. The maximum atomic E-state index is 11.9. The van der Waals surface area contributed by atoms with Crippen molar-refractivity contribution in [1.82, 2.24) is 9.78 Å². The number of carbonyl (C=O) groups excluding carboxylic acids is 1. The highest BCUT2D eigenvalue weighted by molar-refractivity contribution is 9.10. The van der Waals surface area contributed by atoms with Gasteiger partial charge in [0.2, 0.25) is 0 Å². The Morgan fingerprint density at radius 2 is 2.08 bits per heavy atom. The van der Waals surface area contributed by atoms with E-state index in [1.165, 1.54) is 10.9 Å². The van der Waals surface area contributed by atoms with Gasteiger partial charge in [0.1, 0.15) is 10.1 Å². The number of hydrogen-bond donors (Lipinski definition) is 1. The SMILES string of the molecule is Cc1ccc(-n2cc(Br)c([N+](=O)[O-])n2)cc1NC(=O)OC(C)(C)C. The lowest BCUT2D eigenvalue weighted by Crippen LogP contribution is -2.27. The molecule has 0 aliphatic heterocycles. The lowest BCUT2D eigenvalue weighted by atomic mass is 10.2. The van der Waals surface area contributed by atoms with Crippen LogP contribution in [0.5, 0.6) is 0 Å². The summed E-state index contributed by atoms with van der Waals surface area (Å²) in [7, 11) is 0. The summed E-state index contributed by atoms with van der Waals surface area (Å²) in [5, 5.41) is 17.5. The molecule has 2 rings (SSSR count). The van der Waals surface area contributed by atoms with E-state index in [4.69, 9.17) is 4.74 Å². The fraction of sp³-hybridized carbons (Fsp3) is 0.333. The summed E-state index contributed by atoms with van der Waals surface area (Å²) < 4.78 is 6.86. The largest absolute Gasteiger partial charge is 0.444 e. The monoisotopic (exact) mass is 396 g/mol. The highest BCUT2D eigenvalue weighted by Crippen LogP contribution is 2.26. The molecule has 1 N–H and O–H groups in total. The number of hydrogen-bond acceptors (Lipinski definition) is 5. The predicted molar refractivity (Wildman–Crippen MR) is 92.5 cm³/mol. The minimum Gasteiger partial charge on any atom is -0.444 e. The van der Waals surface area contributed by atoms with Gasteiger partial charge in [0.25, 0.3) is 0 Å². The van der Waals surface area contributed by atoms with Crippen molar-refractivity contribution in [3.8, 4) is 5.69 Å². The first-order valence-electron chi connectivity index (χ1n) is 7.07. The Morgan fingerprint density at radius 3 is 2.62 bits per heavy atom. The molecule has 0 saturated heterocycles. The first-order chi connectivity index (χ1) is 11.1. The standard InChI is InChI=1S/C15H17BrN4O4/c1-9-5-6-10(19-8-11(16)13(18-19)20(22)23)7-12(9)17-14(21)24-15(2,3)4/h5-8H,1-4H3,(H,17,21). The van der Waals surface area contributed by atoms with Crippen LogP contribution in [0.3, 0.4) is 0 Å². The highest BCUT2D eigenvalue weighted by atomic mass is 79.9. The first kappa shape index (κ1) is 17.9. The van der Waals surface area contributed by atoms with E-state index in [0.29, 0.717) is 11.4 Å². The van der Waals surface area contributed by atoms with Gasteiger partial charge in [-0.25, -0.2) is 4.79 Å². The van der Waals surface area contributed by atoms with Gasteiger partial charge >= 0.3 is 11.9 Å². The molecule has 0 aliphatic rings. The third-order valence-corrected chi connectivity index (χ3v) is 3.51. The van der Waals surface area contributed by atoms with Crippen LogP contribution in [0, 0.1) is 17.0 Å². The third kappa shape index (κ3) is 4.31. The molecule has 1 heterocycles. The van der Waals surface area contributed by atoms with Crippen LogP contribution in [-0.4, -0.2) is 26.4 Å². The number of benzene rings is 1. The van der Waals surface area contributed by atoms with Crippen LogP contribution in [0.1, 0.15) is 26.3 Å². The van der Waals surface area contributed by atoms with E-state index in [-0.39, 0.29) is 10.3 Å². The van der Waals surface area contributed by atoms with Gasteiger partial charge < -0.3 is 14.9 Å². The predicted octanol–water partition coefficient (Wildman–Crippen LogP) is 4.20. The van der Waals surface area contributed by atoms with Gasteiger partial charge in [0.05, 0.1) is 17.0 Å². The second kappa shape index (κ2) is 6.60. The summed E-state index contributed by atoms with van der Waals surface area (Å²) >= 11 is 3.11. The lowest BCUT2D eigenvalue weighted by Gasteiger charge is -2.20. The summed E-state index contributed by atoms with van der Waals surface area (Å²) in [5.74, 6) is -0.280. The molecule has 0 radical (unpaired) electrons. The summed E-state index contributed by atoms with van der Waals surface area (Å²) in [6.07, 6.45) is 0.912. The Hall–Kier alpha value is -2.42. The summed E-state index contributed by atoms with van der Waals surface area (Å²) in [5.41, 5.74) is 1.32. The van der Waals surface area contributed by atoms with Crippen molar-refractivity contribution in [2.45, 2.75) is 33.3 Å². The number of carbonyl (C=O) groups is 1. The topological polar surface area (TPSA) is 99.3 Å². The van der Waals surface area contributed by atoms with Crippen molar-refractivity contribution in [2.75, 3.05) is 5.32 Å². The third-order valence-electron chi connectivity index (χ3n) is 2.95. The second-order valence-corrected chi connectivity index (χ2v) is 6.98. The van der Waals surface area contributed by atoms with E-state index >= 15 is 0 Å². The molecule has 24 heavy (non-hydrogen) atoms. The number of anilines is 1. The fourth-order valence-corrected chi connectivity index (χ4v) is 2.32. The average molecular weight is 397 g/mol. The average Bonchev–Trinajstić information content (AvgIpc) is 2.81. The van der Waals surface area contributed by atoms with Crippen LogP contribution >= 0.6 is 15.9 Å². The Labute approximate surface area is 147 Å². The van der Waals surface area contributed by atoms with Gasteiger partial charge in [0, 0.05) is 5.69 Å². The van der Waals surface area contributed by atoms with E-state index in [1.54, 1.807) is 39.0 Å². The van der Waals surface area contributed by atoms with Crippen LogP contribution in [-0.2, 0) is 4.74 Å². The van der Waals surface area contributed by atoms with Crippen molar-refractivity contribution >= 4 is 33.5 Å². The van der Waals surface area contributed by atoms with Crippen molar-refractivity contribution in [3.05, 3.63) is 44.5 Å². The molecule has 0 bridgehead atoms. The zero-order valence-electron chi connectivity index (χ0n) is 13.7. The van der Waals surface area contributed by atoms with E-state index in [9.17, 15) is 14.9 Å². The highest BCUT2D eigenvalue weighted by Gasteiger charge is 2.21. The normalized spacial score (nSPS) is 11.2. The number of aromatic nitrogens is 2. The molecule has 8 nitrogen and oxygen atoms in total. The van der Waals surface area contributed by atoms with Gasteiger partial charge in [-0.05, 0) is 66.2 Å². The second-order valence-electron chi connectivity index (χ2n) is 6.13. The first-order valence-corrected chi connectivity index (χ1v) is 7.87. The van der Waals surface area contributed by atoms with Crippen molar-refractivity contribution < 1.29 is 14.5 Å². The number of nitrogens with zero attached hydrogens (tertiary/aromatic N) is 3. The van der Waals surface area contributed by atoms with Gasteiger partial charge in [-0.1, -0.05) is 6.07 Å². The zero-order valence-corrected chi connectivity index (χ0v) is 15.2. The molecule has 2 aromatic rings. The summed E-state index contributed by atoms with van der Waals surface area (Å²) in [4.78, 5) is 22.2. The minimum atomic E-state index is -0.608. The molecule has 128 valence electrons. The van der Waals surface area contributed by atoms with Gasteiger partial charge in [0.15, 0.2) is 0 Å². The van der Waals surface area contributed by atoms with Crippen LogP contribution in [0.15, 0.2) is 28.9 Å². The minimum absolute atomic E-state index is 0.273. The number of amides is 1. The molecular weight excluding hydrogens is 380 g/mol. The van der Waals surface area contributed by atoms with Gasteiger partial charge in [-0.2, -0.15) is 0 Å². The van der Waals surface area contributed by atoms with Crippen LogP contribution in [0.25, 0.3) is 5.69 Å². The molecule has 0 aliphatic carbocycles. The number of rotatable bonds is 3. The fourth-order valence-electron chi connectivity index (χ4n) is 1.90. The van der Waals surface area contributed by atoms with E-state index in [2.05, 4.69) is 26.3 Å². The Bertz CT molecular complexity index is 795. The van der Waals surface area contributed by atoms with E-state index in [0.717, 1.165) is 5.56 Å². The van der Waals surface area contributed by atoms with Crippen LogP contribution in [0.2, 0.25) is 0 Å². The van der Waals surface area contributed by atoms with E-state index < -0.39 is 16.6 Å². The molecule has 0 fully saturated rings. The Kier molecular flexibility index (Phi) is 4.93. The molecule has 0 atom stereocenters. The maximum absolute atomic E-state index is 11.9. The Balaban J connectivity index is 2.30. The number of aryl methyl sites for hydroxylation is 1. The molecule has 0 saturated carbocycles. The lowest BCUT2D eigenvalue weighted by molar-refractivity contribution is -0.390. The zero-order chi connectivity index (χ0) is 18.1. The molecule has 1 aromatic heterocycles. The van der Waals surface area contributed by atoms with Gasteiger partial charge in [-0.3, -0.25) is 5.32 Å². The number of halogens is 1. The molecule has 9 heteroatoms. The molecular formula is C15H17BrN4O4. The van der Waals surface area contributed by atoms with Crippen molar-refractivity contribution in [3.63, 3.8) is 0 Å². The van der Waals surface area contributed by atoms with Crippen LogP contribution < -0.4 is 5.32 Å². The molecule has 0 unspecified atom stereocenters. The Morgan fingerprint density at radius 1 is 1.42 bits per heavy atom. The molecule has 1 aromatic carbocycles. The molecule has 1 amide bonds.